The Bertz CT molecular complexity index is 700. The fourth-order valence-electron chi connectivity index (χ4n) is 1.95. The monoisotopic (exact) mass is 364 g/mol. The van der Waals surface area contributed by atoms with Crippen LogP contribution in [0, 0.1) is 0 Å². The quantitative estimate of drug-likeness (QED) is 0.617. The van der Waals surface area contributed by atoms with Crippen LogP contribution < -0.4 is 20.9 Å². The summed E-state index contributed by atoms with van der Waals surface area (Å²) in [7, 11) is 0. The summed E-state index contributed by atoms with van der Waals surface area (Å²) in [5.41, 5.74) is 12.7. The van der Waals surface area contributed by atoms with Crippen molar-refractivity contribution >= 4 is 36.2 Å². The van der Waals surface area contributed by atoms with E-state index in [0.29, 0.717) is 22.9 Å². The Morgan fingerprint density at radius 1 is 0.500 bits per heavy atom. The molecule has 0 heterocycles. The molecule has 0 bridgehead atoms. The molecule has 0 aromatic heterocycles. The van der Waals surface area contributed by atoms with Crippen molar-refractivity contribution in [2.24, 2.45) is 0 Å². The summed E-state index contributed by atoms with van der Waals surface area (Å²) in [5.74, 6) is 2.83. The number of halogens is 2. The summed E-state index contributed by atoms with van der Waals surface area (Å²) in [6.45, 7) is 0. The van der Waals surface area contributed by atoms with Gasteiger partial charge in [-0.05, 0) is 60.7 Å². The van der Waals surface area contributed by atoms with Crippen LogP contribution in [0.5, 0.6) is 23.0 Å². The van der Waals surface area contributed by atoms with Crippen molar-refractivity contribution < 1.29 is 9.47 Å². The predicted octanol–water partition coefficient (Wildman–Crippen LogP) is 5.28. The Balaban J connectivity index is 0.00000144. The van der Waals surface area contributed by atoms with Crippen molar-refractivity contribution in [2.45, 2.75) is 0 Å². The minimum absolute atomic E-state index is 0. The molecule has 0 fully saturated rings. The predicted molar refractivity (Wildman–Crippen MR) is 103 cm³/mol. The largest absolute Gasteiger partial charge is 0.457 e. The highest BCUT2D eigenvalue weighted by Crippen LogP contribution is 2.28. The molecule has 0 aliphatic rings. The molecule has 4 nitrogen and oxygen atoms in total. The molecule has 0 aliphatic heterocycles. The Kier molecular flexibility index (Phi) is 7.24. The van der Waals surface area contributed by atoms with Gasteiger partial charge in [0.25, 0.3) is 0 Å². The van der Waals surface area contributed by atoms with E-state index >= 15 is 0 Å². The maximum atomic E-state index is 5.78. The van der Waals surface area contributed by atoms with Crippen LogP contribution in [0.2, 0.25) is 0 Å². The van der Waals surface area contributed by atoms with Gasteiger partial charge >= 0.3 is 0 Å². The minimum atomic E-state index is 0. The normalized spacial score (nSPS) is 9.33. The van der Waals surface area contributed by atoms with E-state index in [0.717, 1.165) is 11.5 Å². The van der Waals surface area contributed by atoms with Crippen LogP contribution in [0.4, 0.5) is 11.4 Å². The molecule has 3 rings (SSSR count). The molecule has 6 heteroatoms. The Labute approximate surface area is 153 Å². The minimum Gasteiger partial charge on any atom is -0.457 e. The molecule has 24 heavy (non-hydrogen) atoms. The molecule has 0 saturated heterocycles. The summed E-state index contributed by atoms with van der Waals surface area (Å²) in [6, 6.07) is 21.9. The van der Waals surface area contributed by atoms with Gasteiger partial charge in [0, 0.05) is 17.4 Å². The lowest BCUT2D eigenvalue weighted by Gasteiger charge is -2.09. The molecule has 126 valence electrons. The van der Waals surface area contributed by atoms with Gasteiger partial charge in [0.2, 0.25) is 0 Å². The molecule has 3 aromatic rings. The Morgan fingerprint density at radius 3 is 1.25 bits per heavy atom. The summed E-state index contributed by atoms with van der Waals surface area (Å²) in [5, 5.41) is 0. The maximum Gasteiger partial charge on any atom is 0.131 e. The topological polar surface area (TPSA) is 70.5 Å². The third-order valence-electron chi connectivity index (χ3n) is 3.04. The van der Waals surface area contributed by atoms with Crippen LogP contribution in [0.3, 0.4) is 0 Å². The van der Waals surface area contributed by atoms with Gasteiger partial charge in [0.1, 0.15) is 23.0 Å². The van der Waals surface area contributed by atoms with Gasteiger partial charge < -0.3 is 20.9 Å². The number of hydrogen-bond acceptors (Lipinski definition) is 4. The summed E-state index contributed by atoms with van der Waals surface area (Å²) in [4.78, 5) is 0. The standard InChI is InChI=1S/C18H16N2O2.2ClH/c19-13-4-8-15(9-5-13)21-17-2-1-3-18(12-17)22-16-10-6-14(20)7-11-16;;/h1-12H,19-20H2;2*1H. The average molecular weight is 365 g/mol. The third-order valence-corrected chi connectivity index (χ3v) is 3.04. The van der Waals surface area contributed by atoms with Gasteiger partial charge in [-0.1, -0.05) is 6.07 Å². The van der Waals surface area contributed by atoms with Gasteiger partial charge in [0.15, 0.2) is 0 Å². The van der Waals surface area contributed by atoms with Crippen molar-refractivity contribution in [1.82, 2.24) is 0 Å². The van der Waals surface area contributed by atoms with Crippen LogP contribution in [-0.2, 0) is 0 Å². The van der Waals surface area contributed by atoms with Crippen LogP contribution in [0.25, 0.3) is 0 Å². The van der Waals surface area contributed by atoms with Crippen molar-refractivity contribution in [3.8, 4) is 23.0 Å². The fourth-order valence-corrected chi connectivity index (χ4v) is 1.95. The molecular formula is C18H18Cl2N2O2. The highest BCUT2D eigenvalue weighted by Gasteiger charge is 2.02. The fraction of sp³-hybridized carbons (Fsp3) is 0. The molecule has 0 saturated carbocycles. The number of hydrogen-bond donors (Lipinski definition) is 2. The lowest BCUT2D eigenvalue weighted by atomic mass is 10.3. The zero-order valence-corrected chi connectivity index (χ0v) is 14.3. The number of anilines is 2. The first-order valence-electron chi connectivity index (χ1n) is 6.86. The highest BCUT2D eigenvalue weighted by molar-refractivity contribution is 5.85. The van der Waals surface area contributed by atoms with E-state index in [1.54, 1.807) is 24.3 Å². The number of rotatable bonds is 4. The van der Waals surface area contributed by atoms with E-state index in [2.05, 4.69) is 0 Å². The van der Waals surface area contributed by atoms with Crippen molar-refractivity contribution in [3.05, 3.63) is 72.8 Å². The first kappa shape index (κ1) is 19.5. The third kappa shape index (κ3) is 5.26. The molecule has 0 atom stereocenters. The van der Waals surface area contributed by atoms with Crippen molar-refractivity contribution in [2.75, 3.05) is 11.5 Å². The van der Waals surface area contributed by atoms with Crippen LogP contribution in [0.1, 0.15) is 0 Å². The first-order valence-corrected chi connectivity index (χ1v) is 6.86. The molecule has 0 radical (unpaired) electrons. The molecular weight excluding hydrogens is 347 g/mol. The van der Waals surface area contributed by atoms with Gasteiger partial charge in [-0.25, -0.2) is 0 Å². The van der Waals surface area contributed by atoms with E-state index < -0.39 is 0 Å². The maximum absolute atomic E-state index is 5.78. The molecule has 0 amide bonds. The van der Waals surface area contributed by atoms with Gasteiger partial charge in [-0.2, -0.15) is 0 Å². The molecule has 0 unspecified atom stereocenters. The second kappa shape index (κ2) is 8.91. The Morgan fingerprint density at radius 2 is 0.875 bits per heavy atom. The van der Waals surface area contributed by atoms with E-state index in [1.807, 2.05) is 48.5 Å². The zero-order valence-electron chi connectivity index (χ0n) is 12.7. The number of ether oxygens (including phenoxy) is 2. The van der Waals surface area contributed by atoms with E-state index in [1.165, 1.54) is 0 Å². The van der Waals surface area contributed by atoms with Crippen LogP contribution >= 0.6 is 24.8 Å². The van der Waals surface area contributed by atoms with E-state index in [9.17, 15) is 0 Å². The number of nitrogen functional groups attached to an aromatic ring is 2. The zero-order chi connectivity index (χ0) is 15.4. The molecule has 0 spiro atoms. The number of benzene rings is 3. The van der Waals surface area contributed by atoms with Crippen molar-refractivity contribution in [1.29, 1.82) is 0 Å². The SMILES string of the molecule is Cl.Cl.Nc1ccc(Oc2cccc(Oc3ccc(N)cc3)c2)cc1. The molecule has 3 aromatic carbocycles. The van der Waals surface area contributed by atoms with Crippen LogP contribution in [0.15, 0.2) is 72.8 Å². The van der Waals surface area contributed by atoms with E-state index in [4.69, 9.17) is 20.9 Å². The van der Waals surface area contributed by atoms with Crippen molar-refractivity contribution in [3.63, 3.8) is 0 Å². The lowest BCUT2D eigenvalue weighted by Crippen LogP contribution is -1.89. The molecule has 0 aliphatic carbocycles. The van der Waals surface area contributed by atoms with Crippen LogP contribution in [-0.4, -0.2) is 0 Å². The molecule has 4 N–H and O–H groups in total. The van der Waals surface area contributed by atoms with Gasteiger partial charge in [0.05, 0.1) is 0 Å². The first-order chi connectivity index (χ1) is 10.7. The Hall–Kier alpha value is -2.56. The van der Waals surface area contributed by atoms with Gasteiger partial charge in [-0.15, -0.1) is 24.8 Å². The highest BCUT2D eigenvalue weighted by atomic mass is 35.5. The number of nitrogens with two attached hydrogens (primary N) is 2. The summed E-state index contributed by atoms with van der Waals surface area (Å²) in [6.07, 6.45) is 0. The van der Waals surface area contributed by atoms with E-state index in [-0.39, 0.29) is 24.8 Å². The second-order valence-corrected chi connectivity index (χ2v) is 4.82. The summed E-state index contributed by atoms with van der Waals surface area (Å²) < 4.78 is 11.6. The lowest BCUT2D eigenvalue weighted by molar-refractivity contribution is 0.460. The second-order valence-electron chi connectivity index (χ2n) is 4.82. The smallest absolute Gasteiger partial charge is 0.131 e. The average Bonchev–Trinajstić information content (AvgIpc) is 2.52. The summed E-state index contributed by atoms with van der Waals surface area (Å²) >= 11 is 0. The van der Waals surface area contributed by atoms with Gasteiger partial charge in [-0.3, -0.25) is 0 Å².